The third kappa shape index (κ3) is 4.79. The van der Waals surface area contributed by atoms with Gasteiger partial charge >= 0.3 is 0 Å². The molecule has 126 valence electrons. The summed E-state index contributed by atoms with van der Waals surface area (Å²) < 4.78 is 0. The largest absolute Gasteiger partial charge is 0.395 e. The number of nitro benzene ring substituents is 1. The molecule has 0 radical (unpaired) electrons. The summed E-state index contributed by atoms with van der Waals surface area (Å²) in [7, 11) is 1.88. The van der Waals surface area contributed by atoms with Gasteiger partial charge in [0, 0.05) is 26.2 Å². The molecule has 0 spiro atoms. The van der Waals surface area contributed by atoms with Crippen LogP contribution in [0.4, 0.5) is 17.2 Å². The van der Waals surface area contributed by atoms with Crippen molar-refractivity contribution < 1.29 is 10.0 Å². The van der Waals surface area contributed by atoms with Gasteiger partial charge in [0.25, 0.3) is 5.69 Å². The fraction of sp³-hybridized carbons (Fsp3) is 0.235. The van der Waals surface area contributed by atoms with E-state index in [0.717, 1.165) is 5.69 Å². The van der Waals surface area contributed by atoms with E-state index in [4.69, 9.17) is 5.11 Å². The first kappa shape index (κ1) is 17.4. The average Bonchev–Trinajstić information content (AvgIpc) is 2.59. The van der Waals surface area contributed by atoms with Crippen LogP contribution in [0.25, 0.3) is 6.08 Å². The number of rotatable bonds is 8. The molecule has 0 aliphatic heterocycles. The van der Waals surface area contributed by atoms with Gasteiger partial charge in [0.05, 0.1) is 29.0 Å². The van der Waals surface area contributed by atoms with Crippen LogP contribution in [0.2, 0.25) is 0 Å². The highest BCUT2D eigenvalue weighted by molar-refractivity contribution is 5.61. The summed E-state index contributed by atoms with van der Waals surface area (Å²) in [6, 6.07) is 10.4. The fourth-order valence-corrected chi connectivity index (χ4v) is 2.14. The van der Waals surface area contributed by atoms with Crippen LogP contribution in [-0.2, 0) is 0 Å². The number of nitrogens with one attached hydrogen (secondary N) is 1. The van der Waals surface area contributed by atoms with E-state index < -0.39 is 4.92 Å². The van der Waals surface area contributed by atoms with Gasteiger partial charge in [-0.25, -0.2) is 4.98 Å². The van der Waals surface area contributed by atoms with Crippen molar-refractivity contribution in [2.75, 3.05) is 37.0 Å². The van der Waals surface area contributed by atoms with Gasteiger partial charge in [-0.15, -0.1) is 0 Å². The summed E-state index contributed by atoms with van der Waals surface area (Å²) in [5, 5.41) is 23.0. The molecule has 0 aliphatic rings. The number of aromatic nitrogens is 1. The van der Waals surface area contributed by atoms with Gasteiger partial charge in [-0.1, -0.05) is 24.3 Å². The minimum absolute atomic E-state index is 0.0862. The van der Waals surface area contributed by atoms with E-state index in [9.17, 15) is 10.1 Å². The zero-order chi connectivity index (χ0) is 17.4. The second-order valence-corrected chi connectivity index (χ2v) is 5.15. The van der Waals surface area contributed by atoms with E-state index in [1.165, 1.54) is 6.07 Å². The number of aliphatic hydroxyl groups excluding tert-OH is 1. The van der Waals surface area contributed by atoms with Crippen LogP contribution in [0.5, 0.6) is 0 Å². The van der Waals surface area contributed by atoms with Gasteiger partial charge in [0.2, 0.25) is 0 Å². The number of hydrogen-bond acceptors (Lipinski definition) is 6. The summed E-state index contributed by atoms with van der Waals surface area (Å²) in [5.41, 5.74) is 1.58. The lowest BCUT2D eigenvalue weighted by Gasteiger charge is -2.17. The smallest absolute Gasteiger partial charge is 0.276 e. The number of nitrogens with zero attached hydrogens (tertiary/aromatic N) is 3. The predicted octanol–water partition coefficient (Wildman–Crippen LogP) is 2.54. The first-order valence-corrected chi connectivity index (χ1v) is 7.53. The van der Waals surface area contributed by atoms with E-state index in [0.29, 0.717) is 24.5 Å². The highest BCUT2D eigenvalue weighted by atomic mass is 16.6. The zero-order valence-electron chi connectivity index (χ0n) is 13.4. The first-order chi connectivity index (χ1) is 11.6. The quantitative estimate of drug-likeness (QED) is 0.571. The molecule has 0 fully saturated rings. The van der Waals surface area contributed by atoms with Crippen LogP contribution in [0.3, 0.4) is 0 Å². The number of likely N-dealkylation sites (N-methyl/N-ethyl adjacent to an activating group) is 1. The van der Waals surface area contributed by atoms with E-state index in [2.05, 4.69) is 10.3 Å². The van der Waals surface area contributed by atoms with Gasteiger partial charge in [-0.3, -0.25) is 10.1 Å². The maximum Gasteiger partial charge on any atom is 0.276 e. The Morgan fingerprint density at radius 2 is 2.12 bits per heavy atom. The van der Waals surface area contributed by atoms with E-state index >= 15 is 0 Å². The molecule has 0 amide bonds. The van der Waals surface area contributed by atoms with Crippen LogP contribution >= 0.6 is 0 Å². The molecule has 1 heterocycles. The second kappa shape index (κ2) is 8.64. The Morgan fingerprint density at radius 1 is 1.33 bits per heavy atom. The lowest BCUT2D eigenvalue weighted by molar-refractivity contribution is -0.385. The minimum Gasteiger partial charge on any atom is -0.395 e. The van der Waals surface area contributed by atoms with Crippen molar-refractivity contribution in [3.8, 4) is 0 Å². The molecule has 0 unspecified atom stereocenters. The summed E-state index contributed by atoms with van der Waals surface area (Å²) in [6.45, 7) is 1.14. The summed E-state index contributed by atoms with van der Waals surface area (Å²) in [4.78, 5) is 16.7. The maximum atomic E-state index is 10.9. The Hall–Kier alpha value is -2.93. The molecule has 1 aromatic carbocycles. The molecule has 0 atom stereocenters. The Labute approximate surface area is 140 Å². The average molecular weight is 328 g/mol. The van der Waals surface area contributed by atoms with Gasteiger partial charge < -0.3 is 15.3 Å². The molecule has 2 aromatic rings. The van der Waals surface area contributed by atoms with Crippen LogP contribution in [0.1, 0.15) is 5.56 Å². The lowest BCUT2D eigenvalue weighted by atomic mass is 10.1. The van der Waals surface area contributed by atoms with Gasteiger partial charge in [0.15, 0.2) is 0 Å². The van der Waals surface area contributed by atoms with Crippen LogP contribution < -0.4 is 10.2 Å². The Kier molecular flexibility index (Phi) is 6.27. The van der Waals surface area contributed by atoms with Gasteiger partial charge in [-0.2, -0.15) is 0 Å². The predicted molar refractivity (Wildman–Crippen MR) is 95.2 cm³/mol. The highest BCUT2D eigenvalue weighted by Gasteiger charge is 2.08. The van der Waals surface area contributed by atoms with Gasteiger partial charge in [-0.05, 0) is 18.2 Å². The third-order valence-corrected chi connectivity index (χ3v) is 3.46. The normalized spacial score (nSPS) is 10.8. The van der Waals surface area contributed by atoms with Crippen molar-refractivity contribution in [1.82, 2.24) is 4.98 Å². The molecule has 2 N–H and O–H groups in total. The summed E-state index contributed by atoms with van der Waals surface area (Å²) in [5.74, 6) is 0.711. The lowest BCUT2D eigenvalue weighted by Crippen LogP contribution is -2.21. The SMILES string of the molecule is CN(CCO)c1ccc(NC/C=C/c2ccccc2[N+](=O)[O-])nc1. The minimum atomic E-state index is -0.393. The van der Waals surface area contributed by atoms with Crippen molar-refractivity contribution in [3.05, 3.63) is 64.3 Å². The fourth-order valence-electron chi connectivity index (χ4n) is 2.14. The van der Waals surface area contributed by atoms with Crippen molar-refractivity contribution >= 4 is 23.3 Å². The summed E-state index contributed by atoms with van der Waals surface area (Å²) in [6.07, 6.45) is 5.26. The molecule has 2 rings (SSSR count). The number of hydrogen-bond donors (Lipinski definition) is 2. The van der Waals surface area contributed by atoms with Crippen molar-refractivity contribution in [3.63, 3.8) is 0 Å². The zero-order valence-corrected chi connectivity index (χ0v) is 13.4. The molecular weight excluding hydrogens is 308 g/mol. The highest BCUT2D eigenvalue weighted by Crippen LogP contribution is 2.19. The number of para-hydroxylation sites is 1. The first-order valence-electron chi connectivity index (χ1n) is 7.53. The Bertz CT molecular complexity index is 701. The number of benzene rings is 1. The van der Waals surface area contributed by atoms with Crippen molar-refractivity contribution in [2.24, 2.45) is 0 Å². The standard InChI is InChI=1S/C17H20N4O3/c1-20(11-12-22)15-8-9-17(19-13-15)18-10-4-6-14-5-2-3-7-16(14)21(23)24/h2-9,13,22H,10-12H2,1H3,(H,18,19)/b6-4+. The molecule has 0 saturated heterocycles. The monoisotopic (exact) mass is 328 g/mol. The van der Waals surface area contributed by atoms with Crippen LogP contribution in [-0.4, -0.2) is 41.8 Å². The number of aliphatic hydroxyl groups is 1. The molecule has 7 heteroatoms. The van der Waals surface area contributed by atoms with E-state index in [-0.39, 0.29) is 12.3 Å². The van der Waals surface area contributed by atoms with Crippen molar-refractivity contribution in [2.45, 2.75) is 0 Å². The Morgan fingerprint density at radius 3 is 2.79 bits per heavy atom. The maximum absolute atomic E-state index is 10.9. The number of nitro groups is 1. The van der Waals surface area contributed by atoms with E-state index in [1.54, 1.807) is 30.5 Å². The molecule has 0 aliphatic carbocycles. The van der Waals surface area contributed by atoms with Gasteiger partial charge in [0.1, 0.15) is 5.82 Å². The van der Waals surface area contributed by atoms with E-state index in [1.807, 2.05) is 30.2 Å². The van der Waals surface area contributed by atoms with Crippen LogP contribution in [0.15, 0.2) is 48.7 Å². The molecule has 7 nitrogen and oxygen atoms in total. The number of anilines is 2. The second-order valence-electron chi connectivity index (χ2n) is 5.15. The summed E-state index contributed by atoms with van der Waals surface area (Å²) >= 11 is 0. The molecule has 1 aromatic heterocycles. The Balaban J connectivity index is 1.91. The molecular formula is C17H20N4O3. The number of pyridine rings is 1. The molecule has 0 bridgehead atoms. The molecule has 24 heavy (non-hydrogen) atoms. The van der Waals surface area contributed by atoms with Crippen LogP contribution in [0, 0.1) is 10.1 Å². The topological polar surface area (TPSA) is 91.5 Å². The third-order valence-electron chi connectivity index (χ3n) is 3.46. The molecule has 0 saturated carbocycles. The van der Waals surface area contributed by atoms with Crippen molar-refractivity contribution in [1.29, 1.82) is 0 Å².